The molecule has 4 heteroatoms. The van der Waals surface area contributed by atoms with Gasteiger partial charge >= 0.3 is 0 Å². The van der Waals surface area contributed by atoms with Crippen molar-refractivity contribution in [3.63, 3.8) is 0 Å². The van der Waals surface area contributed by atoms with Crippen LogP contribution in [0.4, 0.5) is 11.4 Å². The first-order chi connectivity index (χ1) is 22.1. The molecular weight excluding hydrogens is 548 g/mol. The molecular formula is C41H44N4. The molecule has 4 nitrogen and oxygen atoms in total. The molecule has 0 N–H and O–H groups in total. The molecule has 0 amide bonds. The van der Waals surface area contributed by atoms with Crippen molar-refractivity contribution in [2.24, 2.45) is 35.5 Å². The summed E-state index contributed by atoms with van der Waals surface area (Å²) < 4.78 is 0. The molecule has 13 rings (SSSR count). The average Bonchev–Trinajstić information content (AvgIpc) is 3.38. The van der Waals surface area contributed by atoms with Crippen LogP contribution in [-0.2, 0) is 10.8 Å². The van der Waals surface area contributed by atoms with Crippen molar-refractivity contribution in [3.05, 3.63) is 90.0 Å². The van der Waals surface area contributed by atoms with Crippen LogP contribution in [0.25, 0.3) is 11.4 Å². The summed E-state index contributed by atoms with van der Waals surface area (Å²) in [4.78, 5) is 19.6. The Morgan fingerprint density at radius 2 is 1.02 bits per heavy atom. The topological polar surface area (TPSA) is 41.9 Å². The monoisotopic (exact) mass is 592 g/mol. The van der Waals surface area contributed by atoms with Gasteiger partial charge < -0.3 is 4.90 Å². The van der Waals surface area contributed by atoms with Crippen LogP contribution in [0, 0.1) is 35.5 Å². The molecule has 228 valence electrons. The van der Waals surface area contributed by atoms with E-state index in [1.807, 2.05) is 0 Å². The Kier molecular flexibility index (Phi) is 5.27. The van der Waals surface area contributed by atoms with Crippen molar-refractivity contribution in [3.8, 4) is 11.4 Å². The number of aromatic nitrogens is 3. The van der Waals surface area contributed by atoms with Crippen molar-refractivity contribution in [2.45, 2.75) is 99.8 Å². The molecule has 45 heavy (non-hydrogen) atoms. The van der Waals surface area contributed by atoms with Gasteiger partial charge in [0.25, 0.3) is 0 Å². The molecule has 8 saturated carbocycles. The molecule has 1 aliphatic heterocycles. The molecule has 2 unspecified atom stereocenters. The van der Waals surface area contributed by atoms with Gasteiger partial charge in [-0.05, 0) is 136 Å². The van der Waals surface area contributed by atoms with Crippen LogP contribution in [0.15, 0.2) is 72.8 Å². The van der Waals surface area contributed by atoms with Crippen molar-refractivity contribution in [2.75, 3.05) is 4.90 Å². The molecule has 3 aromatic rings. The summed E-state index contributed by atoms with van der Waals surface area (Å²) in [5.74, 6) is 8.88. The molecule has 9 aliphatic carbocycles. The average molecular weight is 593 g/mol. The van der Waals surface area contributed by atoms with Crippen molar-refractivity contribution >= 4 is 11.4 Å². The quantitative estimate of drug-likeness (QED) is 0.303. The lowest BCUT2D eigenvalue weighted by molar-refractivity contribution is -0.0155. The van der Waals surface area contributed by atoms with Crippen LogP contribution in [0.1, 0.15) is 100 Å². The first kappa shape index (κ1) is 25.9. The Labute approximate surface area is 267 Å². The lowest BCUT2D eigenvalue weighted by Crippen LogP contribution is -2.51. The highest BCUT2D eigenvalue weighted by Gasteiger charge is 2.56. The minimum atomic E-state index is 0.153. The number of anilines is 2. The lowest BCUT2D eigenvalue weighted by atomic mass is 9.49. The van der Waals surface area contributed by atoms with Crippen molar-refractivity contribution in [1.29, 1.82) is 0 Å². The van der Waals surface area contributed by atoms with Gasteiger partial charge in [-0.2, -0.15) is 0 Å². The van der Waals surface area contributed by atoms with Crippen LogP contribution in [-0.4, -0.2) is 21.0 Å². The highest BCUT2D eigenvalue weighted by Crippen LogP contribution is 2.62. The maximum atomic E-state index is 5.71. The molecule has 8 fully saturated rings. The standard InChI is InChI=1S/C41H44N4/c1-4-10-34-31(7-1)32-8-2-5-11-35(32)45(34)36-12-6-3-9-33(36)37-42-38(40-19-25-13-26(20-40)15-27(14-25)21-40)44-39(43-37)41-22-28-16-29(23-41)18-30(17-28)24-41/h1-12,25-31,34H,13-24H2. The summed E-state index contributed by atoms with van der Waals surface area (Å²) in [6.45, 7) is 0. The maximum absolute atomic E-state index is 5.71. The minimum absolute atomic E-state index is 0.153. The van der Waals surface area contributed by atoms with E-state index in [2.05, 4.69) is 77.7 Å². The zero-order chi connectivity index (χ0) is 29.3. The van der Waals surface area contributed by atoms with E-state index < -0.39 is 0 Å². The third-order valence-corrected chi connectivity index (χ3v) is 14.0. The SMILES string of the molecule is C1=CC2c3ccccc3N(c3ccccc3-c3nc(C45CC6CC(CC(C6)C4)C5)nc(C45CC6CC(CC(C6)C4)C5)n3)C2C=C1. The fourth-order valence-electron chi connectivity index (χ4n) is 13.2. The minimum Gasteiger partial charge on any atom is -0.333 e. The van der Waals surface area contributed by atoms with Gasteiger partial charge in [0.15, 0.2) is 5.82 Å². The number of allylic oxidation sites excluding steroid dienone is 2. The Hall–Kier alpha value is -3.27. The molecule has 2 aromatic carbocycles. The summed E-state index contributed by atoms with van der Waals surface area (Å²) in [5.41, 5.74) is 5.44. The van der Waals surface area contributed by atoms with Crippen LogP contribution in [0.2, 0.25) is 0 Å². The summed E-state index contributed by atoms with van der Waals surface area (Å²) in [6.07, 6.45) is 25.7. The first-order valence-corrected chi connectivity index (χ1v) is 18.2. The Bertz CT molecular complexity index is 1630. The van der Waals surface area contributed by atoms with Gasteiger partial charge in [0.1, 0.15) is 11.6 Å². The van der Waals surface area contributed by atoms with E-state index in [4.69, 9.17) is 15.0 Å². The zero-order valence-corrected chi connectivity index (χ0v) is 26.3. The second-order valence-corrected chi connectivity index (χ2v) is 16.9. The van der Waals surface area contributed by atoms with E-state index in [9.17, 15) is 0 Å². The van der Waals surface area contributed by atoms with Crippen molar-refractivity contribution in [1.82, 2.24) is 15.0 Å². The normalized spacial score (nSPS) is 41.1. The molecule has 0 radical (unpaired) electrons. The number of nitrogens with zero attached hydrogens (tertiary/aromatic N) is 4. The molecule has 0 saturated heterocycles. The van der Waals surface area contributed by atoms with E-state index in [0.717, 1.165) is 41.3 Å². The highest BCUT2D eigenvalue weighted by molar-refractivity contribution is 5.84. The molecule has 1 aromatic heterocycles. The summed E-state index contributed by atoms with van der Waals surface area (Å²) in [6, 6.07) is 18.3. The van der Waals surface area contributed by atoms with Crippen LogP contribution >= 0.6 is 0 Å². The van der Waals surface area contributed by atoms with Gasteiger partial charge in [0.2, 0.25) is 0 Å². The predicted molar refractivity (Wildman–Crippen MR) is 178 cm³/mol. The van der Waals surface area contributed by atoms with E-state index in [1.54, 1.807) is 0 Å². The second-order valence-electron chi connectivity index (χ2n) is 16.9. The first-order valence-electron chi connectivity index (χ1n) is 18.2. The number of benzene rings is 2. The Balaban J connectivity index is 1.10. The third-order valence-electron chi connectivity index (χ3n) is 14.0. The van der Waals surface area contributed by atoms with Crippen LogP contribution < -0.4 is 4.90 Å². The summed E-state index contributed by atoms with van der Waals surface area (Å²) in [5, 5.41) is 0. The number of hydrogen-bond acceptors (Lipinski definition) is 4. The maximum Gasteiger partial charge on any atom is 0.165 e. The molecule has 8 bridgehead atoms. The van der Waals surface area contributed by atoms with Gasteiger partial charge in [-0.25, -0.2) is 15.0 Å². The summed E-state index contributed by atoms with van der Waals surface area (Å²) >= 11 is 0. The van der Waals surface area contributed by atoms with E-state index in [-0.39, 0.29) is 16.9 Å². The van der Waals surface area contributed by atoms with E-state index in [0.29, 0.717) is 5.92 Å². The number of rotatable bonds is 4. The lowest BCUT2D eigenvalue weighted by Gasteiger charge is -2.57. The van der Waals surface area contributed by atoms with Gasteiger partial charge in [-0.15, -0.1) is 0 Å². The predicted octanol–water partition coefficient (Wildman–Crippen LogP) is 9.20. The smallest absolute Gasteiger partial charge is 0.165 e. The van der Waals surface area contributed by atoms with Crippen LogP contribution in [0.5, 0.6) is 0 Å². The molecule has 0 spiro atoms. The number of para-hydroxylation sites is 2. The van der Waals surface area contributed by atoms with E-state index >= 15 is 0 Å². The highest BCUT2D eigenvalue weighted by atomic mass is 15.2. The Morgan fingerprint density at radius 1 is 0.533 bits per heavy atom. The Morgan fingerprint density at radius 3 is 1.60 bits per heavy atom. The summed E-state index contributed by atoms with van der Waals surface area (Å²) in [7, 11) is 0. The molecule has 2 atom stereocenters. The van der Waals surface area contributed by atoms with Gasteiger partial charge in [-0.3, -0.25) is 0 Å². The third kappa shape index (κ3) is 3.74. The fraction of sp³-hybridized carbons (Fsp3) is 0.537. The largest absolute Gasteiger partial charge is 0.333 e. The number of fused-ring (bicyclic) bond motifs is 3. The fourth-order valence-corrected chi connectivity index (χ4v) is 13.2. The number of hydrogen-bond donors (Lipinski definition) is 0. The van der Waals surface area contributed by atoms with Gasteiger partial charge in [-0.1, -0.05) is 54.6 Å². The second kappa shape index (κ2) is 9.17. The van der Waals surface area contributed by atoms with Crippen molar-refractivity contribution < 1.29 is 0 Å². The van der Waals surface area contributed by atoms with Gasteiger partial charge in [0, 0.05) is 28.0 Å². The molecule has 2 heterocycles. The molecule has 10 aliphatic rings. The van der Waals surface area contributed by atoms with Crippen LogP contribution in [0.3, 0.4) is 0 Å². The zero-order valence-electron chi connectivity index (χ0n) is 26.3. The van der Waals surface area contributed by atoms with E-state index in [1.165, 1.54) is 111 Å². The van der Waals surface area contributed by atoms with Gasteiger partial charge in [0.05, 0.1) is 11.7 Å².